The maximum absolute atomic E-state index is 13.3. The van der Waals surface area contributed by atoms with E-state index >= 15 is 0 Å². The highest BCUT2D eigenvalue weighted by atomic mass is 79.9. The minimum atomic E-state index is -0.310. The lowest BCUT2D eigenvalue weighted by atomic mass is 10.2. The molecular weight excluding hydrogens is 287 g/mol. The molecule has 1 rings (SSSR count). The van der Waals surface area contributed by atoms with Crippen molar-refractivity contribution < 1.29 is 9.18 Å². The number of hydrogen-bond donors (Lipinski definition) is 2. The predicted molar refractivity (Wildman–Crippen MR) is 69.1 cm³/mol. The number of benzene rings is 1. The first-order valence-electron chi connectivity index (χ1n) is 5.54. The summed E-state index contributed by atoms with van der Waals surface area (Å²) in [5.41, 5.74) is 0.475. The second-order valence-electron chi connectivity index (χ2n) is 3.69. The zero-order chi connectivity index (χ0) is 12.7. The zero-order valence-electron chi connectivity index (χ0n) is 9.72. The first-order chi connectivity index (χ1) is 8.13. The van der Waals surface area contributed by atoms with Gasteiger partial charge in [0.1, 0.15) is 5.82 Å². The van der Waals surface area contributed by atoms with Gasteiger partial charge in [-0.2, -0.15) is 0 Å². The van der Waals surface area contributed by atoms with Crippen LogP contribution in [0, 0.1) is 5.82 Å². The molecule has 3 nitrogen and oxygen atoms in total. The highest BCUT2D eigenvalue weighted by molar-refractivity contribution is 9.10. The predicted octanol–water partition coefficient (Wildman–Crippen LogP) is 2.20. The third-order valence-electron chi connectivity index (χ3n) is 2.20. The Hall–Kier alpha value is -0.940. The van der Waals surface area contributed by atoms with Crippen molar-refractivity contribution in [3.63, 3.8) is 0 Å². The summed E-state index contributed by atoms with van der Waals surface area (Å²) in [4.78, 5) is 11.4. The van der Waals surface area contributed by atoms with Crippen molar-refractivity contribution in [3.8, 4) is 0 Å². The average Bonchev–Trinajstić information content (AvgIpc) is 2.31. The van der Waals surface area contributed by atoms with Crippen LogP contribution in [0.4, 0.5) is 4.39 Å². The van der Waals surface area contributed by atoms with Gasteiger partial charge in [0, 0.05) is 16.6 Å². The summed E-state index contributed by atoms with van der Waals surface area (Å²) in [6, 6.07) is 4.67. The molecule has 0 bridgehead atoms. The Morgan fingerprint density at radius 3 is 2.94 bits per heavy atom. The van der Waals surface area contributed by atoms with E-state index in [4.69, 9.17) is 0 Å². The van der Waals surface area contributed by atoms with E-state index in [1.165, 1.54) is 6.07 Å². The highest BCUT2D eigenvalue weighted by Crippen LogP contribution is 2.15. The zero-order valence-corrected chi connectivity index (χ0v) is 11.3. The largest absolute Gasteiger partial charge is 0.351 e. The monoisotopic (exact) mass is 302 g/mol. The fourth-order valence-electron chi connectivity index (χ4n) is 1.31. The third kappa shape index (κ3) is 5.28. The number of nitrogens with one attached hydrogen (secondary N) is 2. The van der Waals surface area contributed by atoms with Gasteiger partial charge in [-0.25, -0.2) is 4.39 Å². The smallest absolute Gasteiger partial charge is 0.234 e. The lowest BCUT2D eigenvalue weighted by Crippen LogP contribution is -2.33. The molecule has 0 unspecified atom stereocenters. The minimum absolute atomic E-state index is 0.127. The van der Waals surface area contributed by atoms with Gasteiger partial charge in [-0.15, -0.1) is 0 Å². The quantitative estimate of drug-likeness (QED) is 0.791. The van der Waals surface area contributed by atoms with E-state index in [1.807, 2.05) is 6.92 Å². The molecule has 1 aromatic rings. The van der Waals surface area contributed by atoms with E-state index in [9.17, 15) is 9.18 Å². The van der Waals surface area contributed by atoms with E-state index in [0.29, 0.717) is 5.56 Å². The summed E-state index contributed by atoms with van der Waals surface area (Å²) in [5.74, 6) is -0.437. The Balaban J connectivity index is 2.39. The van der Waals surface area contributed by atoms with Crippen LogP contribution in [0.25, 0.3) is 0 Å². The van der Waals surface area contributed by atoms with E-state index in [1.54, 1.807) is 12.1 Å². The van der Waals surface area contributed by atoms with Gasteiger partial charge in [-0.05, 0) is 31.2 Å². The molecule has 0 atom stereocenters. The summed E-state index contributed by atoms with van der Waals surface area (Å²) < 4.78 is 14.1. The average molecular weight is 303 g/mol. The molecule has 1 amide bonds. The molecule has 0 aliphatic rings. The molecule has 1 aromatic carbocycles. The van der Waals surface area contributed by atoms with Crippen LogP contribution < -0.4 is 10.6 Å². The van der Waals surface area contributed by atoms with Crippen LogP contribution in [0.3, 0.4) is 0 Å². The summed E-state index contributed by atoms with van der Waals surface area (Å²) in [6.45, 7) is 3.31. The maximum Gasteiger partial charge on any atom is 0.234 e. The molecule has 5 heteroatoms. The first-order valence-corrected chi connectivity index (χ1v) is 6.34. The van der Waals surface area contributed by atoms with E-state index in [0.717, 1.165) is 17.4 Å². The van der Waals surface area contributed by atoms with Crippen molar-refractivity contribution in [1.29, 1.82) is 0 Å². The number of carbonyl (C=O) groups excluding carboxylic acids is 1. The Morgan fingerprint density at radius 1 is 1.47 bits per heavy atom. The third-order valence-corrected chi connectivity index (χ3v) is 2.69. The number of halogens is 2. The van der Waals surface area contributed by atoms with E-state index < -0.39 is 0 Å². The second-order valence-corrected chi connectivity index (χ2v) is 4.60. The number of amides is 1. The Kier molecular flexibility index (Phi) is 6.15. The maximum atomic E-state index is 13.3. The molecule has 0 heterocycles. The van der Waals surface area contributed by atoms with Crippen molar-refractivity contribution in [2.45, 2.75) is 19.9 Å². The van der Waals surface area contributed by atoms with Gasteiger partial charge in [-0.1, -0.05) is 22.9 Å². The van der Waals surface area contributed by atoms with Crippen LogP contribution in [0.2, 0.25) is 0 Å². The molecule has 0 fully saturated rings. The summed E-state index contributed by atoms with van der Waals surface area (Å²) >= 11 is 3.26. The van der Waals surface area contributed by atoms with E-state index in [2.05, 4.69) is 26.6 Å². The highest BCUT2D eigenvalue weighted by Gasteiger charge is 2.05. The lowest BCUT2D eigenvalue weighted by molar-refractivity contribution is -0.120. The number of carbonyl (C=O) groups is 1. The first kappa shape index (κ1) is 14.1. The van der Waals surface area contributed by atoms with Crippen molar-refractivity contribution in [1.82, 2.24) is 10.6 Å². The number of rotatable bonds is 6. The minimum Gasteiger partial charge on any atom is -0.351 e. The molecule has 94 valence electrons. The summed E-state index contributed by atoms with van der Waals surface area (Å²) in [7, 11) is 0. The molecule has 0 aliphatic heterocycles. The van der Waals surface area contributed by atoms with Gasteiger partial charge in [0.05, 0.1) is 6.54 Å². The van der Waals surface area contributed by atoms with Crippen LogP contribution in [-0.4, -0.2) is 19.0 Å². The molecule has 0 aromatic heterocycles. The van der Waals surface area contributed by atoms with Crippen LogP contribution in [0.5, 0.6) is 0 Å². The molecule has 0 saturated heterocycles. The summed E-state index contributed by atoms with van der Waals surface area (Å²) in [6.07, 6.45) is 0.980. The van der Waals surface area contributed by atoms with Gasteiger partial charge in [-0.3, -0.25) is 4.79 Å². The molecule has 0 radical (unpaired) electrons. The normalized spacial score (nSPS) is 10.3. The molecular formula is C12H16BrFN2O. The standard InChI is InChI=1S/C12H16BrFN2O/c1-2-5-15-8-12(17)16-7-9-6-10(13)3-4-11(9)14/h3-4,6,15H,2,5,7-8H2,1H3,(H,16,17). The van der Waals surface area contributed by atoms with Gasteiger partial charge >= 0.3 is 0 Å². The van der Waals surface area contributed by atoms with Gasteiger partial charge in [0.15, 0.2) is 0 Å². The van der Waals surface area contributed by atoms with Gasteiger partial charge in [0.25, 0.3) is 0 Å². The van der Waals surface area contributed by atoms with Crippen LogP contribution in [0.15, 0.2) is 22.7 Å². The fraction of sp³-hybridized carbons (Fsp3) is 0.417. The second kappa shape index (κ2) is 7.40. The molecule has 0 spiro atoms. The SMILES string of the molecule is CCCNCC(=O)NCc1cc(Br)ccc1F. The van der Waals surface area contributed by atoms with Crippen LogP contribution in [0.1, 0.15) is 18.9 Å². The topological polar surface area (TPSA) is 41.1 Å². The van der Waals surface area contributed by atoms with Gasteiger partial charge < -0.3 is 10.6 Å². The van der Waals surface area contributed by atoms with Crippen LogP contribution in [-0.2, 0) is 11.3 Å². The molecule has 2 N–H and O–H groups in total. The van der Waals surface area contributed by atoms with Crippen molar-refractivity contribution in [3.05, 3.63) is 34.1 Å². The van der Waals surface area contributed by atoms with Gasteiger partial charge in [0.2, 0.25) is 5.91 Å². The van der Waals surface area contributed by atoms with Crippen molar-refractivity contribution in [2.75, 3.05) is 13.1 Å². The molecule has 0 saturated carbocycles. The van der Waals surface area contributed by atoms with Crippen LogP contribution >= 0.6 is 15.9 Å². The lowest BCUT2D eigenvalue weighted by Gasteiger charge is -2.07. The van der Waals surface area contributed by atoms with Crippen molar-refractivity contribution in [2.24, 2.45) is 0 Å². The fourth-order valence-corrected chi connectivity index (χ4v) is 1.72. The molecule has 0 aliphatic carbocycles. The Morgan fingerprint density at radius 2 is 2.24 bits per heavy atom. The number of hydrogen-bond acceptors (Lipinski definition) is 2. The van der Waals surface area contributed by atoms with Crippen molar-refractivity contribution >= 4 is 21.8 Å². The summed E-state index contributed by atoms with van der Waals surface area (Å²) in [5, 5.41) is 5.65. The Bertz CT molecular complexity index is 385. The molecule has 17 heavy (non-hydrogen) atoms. The Labute approximate surface area is 109 Å². The van der Waals surface area contributed by atoms with E-state index in [-0.39, 0.29) is 24.8 Å².